The number of hydrogen-bond donors (Lipinski definition) is 7. The second kappa shape index (κ2) is 14.8. The number of H-pyrrole nitrogens is 2. The predicted octanol–water partition coefficient (Wildman–Crippen LogP) is 6.31. The molecule has 5 heterocycles. The highest BCUT2D eigenvalue weighted by molar-refractivity contribution is 6.30. The summed E-state index contributed by atoms with van der Waals surface area (Å²) in [5, 5.41) is 43.8. The molecular weight excluding hydrogens is 761 g/mol. The van der Waals surface area contributed by atoms with Gasteiger partial charge in [0.25, 0.3) is 0 Å². The number of aromatic carboxylic acids is 4. The Balaban J connectivity index is 1.35. The quantitative estimate of drug-likeness (QED) is 0.0922. The van der Waals surface area contributed by atoms with Gasteiger partial charge in [0.05, 0.1) is 39.7 Å². The van der Waals surface area contributed by atoms with Gasteiger partial charge in [0.2, 0.25) is 0 Å². The number of rotatable bonds is 8. The van der Waals surface area contributed by atoms with E-state index in [4.69, 9.17) is 4.99 Å². The van der Waals surface area contributed by atoms with Crippen molar-refractivity contribution in [2.45, 2.75) is 6.04 Å². The Morgan fingerprint density at radius 3 is 1.42 bits per heavy atom. The Bertz CT molecular complexity index is 3090. The van der Waals surface area contributed by atoms with Crippen LogP contribution >= 0.6 is 0 Å². The number of carboxylic acids is 4. The normalized spacial score (nSPS) is 19.8. The maximum atomic E-state index is 11.8. The third kappa shape index (κ3) is 6.73. The first kappa shape index (κ1) is 37.1. The average molecular weight is 793 g/mol. The van der Waals surface area contributed by atoms with Crippen molar-refractivity contribution in [3.8, 4) is 0 Å². The lowest BCUT2D eigenvalue weighted by Gasteiger charge is -2.19. The van der Waals surface area contributed by atoms with Crippen LogP contribution in [0.5, 0.6) is 0 Å². The highest BCUT2D eigenvalue weighted by Gasteiger charge is 2.26. The minimum absolute atomic E-state index is 0.123. The fourth-order valence-electron chi connectivity index (χ4n) is 7.78. The third-order valence-corrected chi connectivity index (χ3v) is 10.7. The van der Waals surface area contributed by atoms with Crippen molar-refractivity contribution in [3.63, 3.8) is 0 Å². The minimum atomic E-state index is -1.06. The minimum Gasteiger partial charge on any atom is -0.478 e. The molecule has 3 aliphatic rings. The summed E-state index contributed by atoms with van der Waals surface area (Å²) in [6.07, 6.45) is 7.72. The largest absolute Gasteiger partial charge is 0.478 e. The summed E-state index contributed by atoms with van der Waals surface area (Å²) >= 11 is 0. The fourth-order valence-corrected chi connectivity index (χ4v) is 7.78. The van der Waals surface area contributed by atoms with Gasteiger partial charge in [-0.3, -0.25) is 0 Å². The van der Waals surface area contributed by atoms with E-state index < -0.39 is 29.9 Å². The number of aromatic amines is 2. The molecule has 0 saturated heterocycles. The van der Waals surface area contributed by atoms with Crippen molar-refractivity contribution >= 4 is 51.9 Å². The predicted molar refractivity (Wildman–Crippen MR) is 224 cm³/mol. The van der Waals surface area contributed by atoms with Crippen LogP contribution < -0.4 is 16.0 Å². The molecule has 4 aromatic carbocycles. The average Bonchev–Trinajstić information content (AvgIpc) is 4.10. The molecule has 7 N–H and O–H groups in total. The molecule has 0 aliphatic carbocycles. The summed E-state index contributed by atoms with van der Waals surface area (Å²) in [7, 11) is 0. The Hall–Kier alpha value is -8.51. The molecule has 0 saturated carbocycles. The van der Waals surface area contributed by atoms with E-state index in [1.54, 1.807) is 72.8 Å². The van der Waals surface area contributed by atoms with Crippen LogP contribution in [0.1, 0.15) is 75.1 Å². The van der Waals surface area contributed by atoms with Crippen molar-refractivity contribution in [3.05, 3.63) is 224 Å². The van der Waals surface area contributed by atoms with Gasteiger partial charge in [-0.2, -0.15) is 0 Å². The Morgan fingerprint density at radius 2 is 0.900 bits per heavy atom. The van der Waals surface area contributed by atoms with Crippen LogP contribution in [0.2, 0.25) is 0 Å². The van der Waals surface area contributed by atoms with Crippen molar-refractivity contribution < 1.29 is 39.6 Å². The van der Waals surface area contributed by atoms with Gasteiger partial charge in [-0.15, -0.1) is 0 Å². The molecule has 1 atom stereocenters. The Labute approximate surface area is 340 Å². The zero-order valence-electron chi connectivity index (χ0n) is 31.3. The van der Waals surface area contributed by atoms with Crippen molar-refractivity contribution in [1.82, 2.24) is 15.3 Å². The molecule has 6 aromatic rings. The first-order chi connectivity index (χ1) is 29.0. The van der Waals surface area contributed by atoms with E-state index in [9.17, 15) is 39.6 Å². The van der Waals surface area contributed by atoms with Gasteiger partial charge in [-0.1, -0.05) is 54.6 Å². The van der Waals surface area contributed by atoms with E-state index in [2.05, 4.69) is 15.3 Å². The smallest absolute Gasteiger partial charge is 0.335 e. The fraction of sp³-hybridized carbons (Fsp3) is 0.0208. The molecule has 12 nitrogen and oxygen atoms in total. The number of allylic oxidation sites excluding steroid dienone is 3. The summed E-state index contributed by atoms with van der Waals surface area (Å²) in [5.41, 5.74) is 9.55. The summed E-state index contributed by atoms with van der Waals surface area (Å²) in [6, 6.07) is 33.6. The topological polar surface area (TPSA) is 205 Å². The van der Waals surface area contributed by atoms with Crippen molar-refractivity contribution in [1.29, 1.82) is 0 Å². The summed E-state index contributed by atoms with van der Waals surface area (Å²) < 4.78 is 0. The van der Waals surface area contributed by atoms with E-state index >= 15 is 0 Å². The van der Waals surface area contributed by atoms with Crippen LogP contribution in [0.4, 0.5) is 0 Å². The van der Waals surface area contributed by atoms with Gasteiger partial charge in [-0.05, 0) is 113 Å². The number of carboxylic acid groups (broad SMARTS) is 4. The molecule has 3 aliphatic heterocycles. The number of aromatic nitrogens is 2. The first-order valence-corrected chi connectivity index (χ1v) is 18.7. The van der Waals surface area contributed by atoms with E-state index in [0.29, 0.717) is 50.4 Å². The van der Waals surface area contributed by atoms with Crippen LogP contribution in [0, 0.1) is 0 Å². The lowest BCUT2D eigenvalue weighted by molar-refractivity contribution is 0.0686. The zero-order chi connectivity index (χ0) is 41.7. The van der Waals surface area contributed by atoms with Crippen LogP contribution in [0.15, 0.2) is 162 Å². The lowest BCUT2D eigenvalue weighted by Crippen LogP contribution is -2.30. The van der Waals surface area contributed by atoms with Gasteiger partial charge < -0.3 is 35.7 Å². The Kier molecular flexibility index (Phi) is 9.13. The molecule has 60 heavy (non-hydrogen) atoms. The van der Waals surface area contributed by atoms with Crippen molar-refractivity contribution in [2.24, 2.45) is 4.99 Å². The molecule has 0 amide bonds. The van der Waals surface area contributed by atoms with E-state index in [1.165, 1.54) is 24.3 Å². The molecule has 0 fully saturated rings. The second-order valence-electron chi connectivity index (χ2n) is 14.3. The molecule has 292 valence electrons. The number of hydrogen-bond acceptors (Lipinski definition) is 6. The molecule has 9 rings (SSSR count). The zero-order valence-corrected chi connectivity index (χ0v) is 31.3. The molecule has 12 heteroatoms. The first-order valence-electron chi connectivity index (χ1n) is 18.7. The maximum Gasteiger partial charge on any atom is 0.335 e. The molecule has 0 radical (unpaired) electrons. The number of aliphatic imine (C=N–C) groups is 1. The summed E-state index contributed by atoms with van der Waals surface area (Å²) in [5.74, 6) is -4.22. The van der Waals surface area contributed by atoms with Gasteiger partial charge in [0, 0.05) is 50.1 Å². The standard InChI is InChI=1S/C48H32N4O8/c53-45(54)29-9-1-25(2-10-29)41-33-17-19-35(49-33)42(26-3-11-30(12-4-26)46(55)56)37-21-23-39(51-37)44(28-7-15-32(16-8-28)48(59)60)40-24-22-38(52-40)43(36-20-18-34(41)50-36)27-5-13-31(14-6-27)47(57)58/h1-24,33,49-51H,(H,53,54)(H,55,56)(H,57,58)(H,59,60)/b41-34-,42-35-,43-36-,44-40-. The molecule has 0 spiro atoms. The molecule has 2 aromatic heterocycles. The third-order valence-electron chi connectivity index (χ3n) is 10.7. The monoisotopic (exact) mass is 792 g/mol. The van der Waals surface area contributed by atoms with Crippen LogP contribution in [-0.2, 0) is 0 Å². The van der Waals surface area contributed by atoms with E-state index in [-0.39, 0.29) is 22.3 Å². The van der Waals surface area contributed by atoms with Crippen LogP contribution in [-0.4, -0.2) is 66.0 Å². The number of carbonyl (C=O) groups is 4. The van der Waals surface area contributed by atoms with Gasteiger partial charge in [-0.25, -0.2) is 24.2 Å². The number of nitrogens with zero attached hydrogens (tertiary/aromatic N) is 1. The van der Waals surface area contributed by atoms with Crippen molar-refractivity contribution in [2.75, 3.05) is 0 Å². The van der Waals surface area contributed by atoms with Crippen LogP contribution in [0.25, 0.3) is 22.3 Å². The van der Waals surface area contributed by atoms with Crippen LogP contribution in [0.3, 0.4) is 0 Å². The lowest BCUT2D eigenvalue weighted by atomic mass is 9.97. The molecule has 1 unspecified atom stereocenters. The van der Waals surface area contributed by atoms with E-state index in [0.717, 1.165) is 33.3 Å². The SMILES string of the molecule is O=C(O)c1ccc(/C2=C3\C=CC(=N3)/C(c3ccc(C(=O)O)cc3)=c3/cc/c([nH]3)=C(\c3ccc(C(=O)O)cc3)C3C=C/C(=C(\c4ccc(C(=O)O)cc4)c4ccc2[nH]4)N3)cc1. The maximum absolute atomic E-state index is 11.8. The van der Waals surface area contributed by atoms with Gasteiger partial charge in [0.15, 0.2) is 0 Å². The highest BCUT2D eigenvalue weighted by Crippen LogP contribution is 2.36. The summed E-state index contributed by atoms with van der Waals surface area (Å²) in [4.78, 5) is 59.7. The Morgan fingerprint density at radius 1 is 0.450 bits per heavy atom. The number of nitrogens with one attached hydrogen (secondary N) is 3. The van der Waals surface area contributed by atoms with Gasteiger partial charge >= 0.3 is 23.9 Å². The van der Waals surface area contributed by atoms with E-state index in [1.807, 2.05) is 48.6 Å². The van der Waals surface area contributed by atoms with Gasteiger partial charge in [0.1, 0.15) is 0 Å². The summed E-state index contributed by atoms with van der Waals surface area (Å²) in [6.45, 7) is 0. The molecular formula is C48H32N4O8. The highest BCUT2D eigenvalue weighted by atomic mass is 16.4. The second-order valence-corrected chi connectivity index (χ2v) is 14.3. The molecule has 8 bridgehead atoms. The number of fused-ring (bicyclic) bond motifs is 7. The number of benzene rings is 4.